The zero-order valence-electron chi connectivity index (χ0n) is 17.9. The molecule has 3 amide bonds. The molecule has 0 aliphatic carbocycles. The Labute approximate surface area is 197 Å². The molecule has 35 heavy (non-hydrogen) atoms. The monoisotopic (exact) mass is 478 g/mol. The number of para-hydroxylation sites is 1. The van der Waals surface area contributed by atoms with E-state index in [1.165, 1.54) is 6.07 Å². The van der Waals surface area contributed by atoms with Crippen LogP contribution in [0.25, 0.3) is 22.2 Å². The molecule has 176 valence electrons. The van der Waals surface area contributed by atoms with Gasteiger partial charge in [0.05, 0.1) is 22.3 Å². The molecule has 3 aromatic carbocycles. The van der Waals surface area contributed by atoms with Crippen molar-refractivity contribution in [1.82, 2.24) is 15.8 Å². The fourth-order valence-corrected chi connectivity index (χ4v) is 3.32. The highest BCUT2D eigenvalue weighted by Crippen LogP contribution is 2.30. The average molecular weight is 478 g/mol. The Bertz CT molecular complexity index is 1420. The van der Waals surface area contributed by atoms with Crippen molar-refractivity contribution < 1.29 is 27.6 Å². The lowest BCUT2D eigenvalue weighted by Crippen LogP contribution is -2.46. The van der Waals surface area contributed by atoms with Crippen molar-refractivity contribution >= 4 is 34.3 Å². The molecule has 0 aliphatic heterocycles. The summed E-state index contributed by atoms with van der Waals surface area (Å²) in [5, 5.41) is 2.59. The molecule has 4 rings (SSSR count). The maximum Gasteiger partial charge on any atom is 0.416 e. The van der Waals surface area contributed by atoms with Crippen molar-refractivity contribution in [1.29, 1.82) is 0 Å². The van der Waals surface area contributed by atoms with Crippen molar-refractivity contribution in [3.63, 3.8) is 0 Å². The van der Waals surface area contributed by atoms with Crippen molar-refractivity contribution in [3.8, 4) is 11.3 Å². The molecular weight excluding hydrogens is 461 g/mol. The van der Waals surface area contributed by atoms with Crippen molar-refractivity contribution in [2.75, 3.05) is 5.32 Å². The molecule has 0 unspecified atom stereocenters. The van der Waals surface area contributed by atoms with E-state index in [9.17, 15) is 27.6 Å². The Morgan fingerprint density at radius 3 is 2.20 bits per heavy atom. The molecule has 0 saturated carbocycles. The average Bonchev–Trinajstić information content (AvgIpc) is 2.86. The summed E-state index contributed by atoms with van der Waals surface area (Å²) in [7, 11) is 0. The number of nitrogens with zero attached hydrogens (tertiary/aromatic N) is 1. The number of anilines is 1. The fourth-order valence-electron chi connectivity index (χ4n) is 3.32. The molecular formula is C25H17F3N4O3. The summed E-state index contributed by atoms with van der Waals surface area (Å²) in [5.41, 5.74) is 4.99. The van der Waals surface area contributed by atoms with E-state index >= 15 is 0 Å². The van der Waals surface area contributed by atoms with Crippen LogP contribution in [0.1, 0.15) is 15.9 Å². The Morgan fingerprint density at radius 1 is 0.743 bits per heavy atom. The molecule has 0 spiro atoms. The number of pyridine rings is 1. The van der Waals surface area contributed by atoms with E-state index < -0.39 is 29.5 Å². The van der Waals surface area contributed by atoms with Gasteiger partial charge in [0.2, 0.25) is 0 Å². The zero-order valence-corrected chi connectivity index (χ0v) is 17.9. The van der Waals surface area contributed by atoms with Gasteiger partial charge in [-0.2, -0.15) is 13.2 Å². The van der Waals surface area contributed by atoms with Crippen molar-refractivity contribution in [2.45, 2.75) is 6.18 Å². The number of hydrogen-bond acceptors (Lipinski definition) is 4. The minimum atomic E-state index is -4.61. The second-order valence-corrected chi connectivity index (χ2v) is 7.38. The Kier molecular flexibility index (Phi) is 6.45. The predicted molar refractivity (Wildman–Crippen MR) is 123 cm³/mol. The highest BCUT2D eigenvalue weighted by atomic mass is 19.4. The first-order chi connectivity index (χ1) is 16.7. The first-order valence-corrected chi connectivity index (χ1v) is 10.3. The molecule has 1 heterocycles. The van der Waals surface area contributed by atoms with Gasteiger partial charge in [-0.3, -0.25) is 25.2 Å². The number of aromatic nitrogens is 1. The number of rotatable bonds is 3. The number of hydrogen-bond donors (Lipinski definition) is 3. The molecule has 0 aliphatic rings. The molecule has 3 N–H and O–H groups in total. The van der Waals surface area contributed by atoms with Gasteiger partial charge in [-0.25, -0.2) is 4.98 Å². The molecule has 10 heteroatoms. The summed E-state index contributed by atoms with van der Waals surface area (Å²) >= 11 is 0. The number of carbonyl (C=O) groups is 3. The summed E-state index contributed by atoms with van der Waals surface area (Å²) in [4.78, 5) is 41.7. The van der Waals surface area contributed by atoms with Crippen LogP contribution in [0.15, 0.2) is 84.9 Å². The molecule has 4 aromatic rings. The first-order valence-electron chi connectivity index (χ1n) is 10.3. The number of halogens is 3. The molecule has 0 saturated heterocycles. The second kappa shape index (κ2) is 9.64. The van der Waals surface area contributed by atoms with Gasteiger partial charge >= 0.3 is 18.0 Å². The number of alkyl halides is 3. The third kappa shape index (κ3) is 5.44. The summed E-state index contributed by atoms with van der Waals surface area (Å²) in [6.07, 6.45) is -4.61. The van der Waals surface area contributed by atoms with Crippen LogP contribution < -0.4 is 16.2 Å². The zero-order chi connectivity index (χ0) is 25.0. The third-order valence-corrected chi connectivity index (χ3v) is 4.97. The van der Waals surface area contributed by atoms with Crippen molar-refractivity contribution in [2.24, 2.45) is 0 Å². The minimum absolute atomic E-state index is 0.202. The van der Waals surface area contributed by atoms with Crippen LogP contribution >= 0.6 is 0 Å². The van der Waals surface area contributed by atoms with E-state index in [0.29, 0.717) is 22.7 Å². The number of nitrogens with one attached hydrogen (secondary N) is 3. The van der Waals surface area contributed by atoms with Crippen LogP contribution in [0.3, 0.4) is 0 Å². The van der Waals surface area contributed by atoms with Gasteiger partial charge in [-0.1, -0.05) is 54.6 Å². The van der Waals surface area contributed by atoms with Gasteiger partial charge in [0.15, 0.2) is 0 Å². The van der Waals surface area contributed by atoms with Gasteiger partial charge in [0, 0.05) is 16.6 Å². The number of hydrazine groups is 1. The van der Waals surface area contributed by atoms with E-state index in [2.05, 4.69) is 15.7 Å². The normalized spacial score (nSPS) is 11.1. The lowest BCUT2D eigenvalue weighted by molar-refractivity contribution is -0.137. The Hall–Kier alpha value is -4.73. The van der Waals surface area contributed by atoms with Crippen LogP contribution in [0.5, 0.6) is 0 Å². The first kappa shape index (κ1) is 23.4. The highest BCUT2D eigenvalue weighted by molar-refractivity contribution is 6.39. The topological polar surface area (TPSA) is 100 Å². The lowest BCUT2D eigenvalue weighted by Gasteiger charge is -2.12. The summed E-state index contributed by atoms with van der Waals surface area (Å²) in [5.74, 6) is -3.23. The van der Waals surface area contributed by atoms with Crippen LogP contribution in [-0.4, -0.2) is 22.7 Å². The maximum absolute atomic E-state index is 12.9. The Morgan fingerprint density at radius 2 is 1.46 bits per heavy atom. The van der Waals surface area contributed by atoms with Gasteiger partial charge in [-0.05, 0) is 30.3 Å². The van der Waals surface area contributed by atoms with Crippen LogP contribution in [0.4, 0.5) is 18.9 Å². The van der Waals surface area contributed by atoms with Gasteiger partial charge in [0.25, 0.3) is 5.91 Å². The molecule has 1 aromatic heterocycles. The standard InChI is InChI=1S/C25H17F3N4O3/c26-25(27,28)16-9-6-10-17(13-16)29-23(34)24(35)32-31-22(33)19-14-21(15-7-2-1-3-8-15)30-20-12-5-4-11-18(19)20/h1-14H,(H,29,34)(H,31,33)(H,32,35). The molecule has 0 atom stereocenters. The molecule has 0 radical (unpaired) electrons. The van der Waals surface area contributed by atoms with E-state index in [0.717, 1.165) is 17.7 Å². The summed E-state index contributed by atoms with van der Waals surface area (Å²) in [6, 6.07) is 21.5. The molecule has 0 bridgehead atoms. The lowest BCUT2D eigenvalue weighted by atomic mass is 10.0. The van der Waals surface area contributed by atoms with Gasteiger partial charge < -0.3 is 5.32 Å². The number of benzene rings is 3. The smallest absolute Gasteiger partial charge is 0.318 e. The minimum Gasteiger partial charge on any atom is -0.318 e. The van der Waals surface area contributed by atoms with Crippen molar-refractivity contribution in [3.05, 3.63) is 96.1 Å². The van der Waals surface area contributed by atoms with E-state index in [4.69, 9.17) is 0 Å². The fraction of sp³-hybridized carbons (Fsp3) is 0.0400. The SMILES string of the molecule is O=C(NNC(=O)c1cc(-c2ccccc2)nc2ccccc12)C(=O)Nc1cccc(C(F)(F)F)c1. The summed E-state index contributed by atoms with van der Waals surface area (Å²) in [6.45, 7) is 0. The van der Waals surface area contributed by atoms with E-state index in [1.54, 1.807) is 30.3 Å². The second-order valence-electron chi connectivity index (χ2n) is 7.38. The largest absolute Gasteiger partial charge is 0.416 e. The van der Waals surface area contributed by atoms with Crippen LogP contribution in [-0.2, 0) is 15.8 Å². The number of amides is 3. The highest BCUT2D eigenvalue weighted by Gasteiger charge is 2.30. The number of carbonyl (C=O) groups excluding carboxylic acids is 3. The number of fused-ring (bicyclic) bond motifs is 1. The molecule has 0 fully saturated rings. The van der Waals surface area contributed by atoms with Gasteiger partial charge in [0.1, 0.15) is 0 Å². The summed E-state index contributed by atoms with van der Waals surface area (Å²) < 4.78 is 38.5. The predicted octanol–water partition coefficient (Wildman–Crippen LogP) is 4.32. The van der Waals surface area contributed by atoms with Crippen LogP contribution in [0, 0.1) is 0 Å². The van der Waals surface area contributed by atoms with Gasteiger partial charge in [-0.15, -0.1) is 0 Å². The van der Waals surface area contributed by atoms with E-state index in [-0.39, 0.29) is 11.3 Å². The quantitative estimate of drug-likeness (QED) is 0.302. The molecule has 7 nitrogen and oxygen atoms in total. The Balaban J connectivity index is 1.49. The third-order valence-electron chi connectivity index (χ3n) is 4.97. The maximum atomic E-state index is 12.9. The van der Waals surface area contributed by atoms with Crippen LogP contribution in [0.2, 0.25) is 0 Å². The van der Waals surface area contributed by atoms with E-state index in [1.807, 2.05) is 35.8 Å².